The van der Waals surface area contributed by atoms with Crippen LogP contribution in [-0.2, 0) is 20.4 Å². The predicted octanol–water partition coefficient (Wildman–Crippen LogP) is 1.44. The van der Waals surface area contributed by atoms with Crippen molar-refractivity contribution < 1.29 is 18.9 Å². The van der Waals surface area contributed by atoms with Crippen molar-refractivity contribution in [1.29, 1.82) is 0 Å². The Morgan fingerprint density at radius 2 is 1.95 bits per heavy atom. The van der Waals surface area contributed by atoms with Gasteiger partial charge in [0.25, 0.3) is 0 Å². The summed E-state index contributed by atoms with van der Waals surface area (Å²) in [7, 11) is -1.29. The van der Waals surface area contributed by atoms with Crippen LogP contribution < -0.4 is 5.32 Å². The summed E-state index contributed by atoms with van der Waals surface area (Å²) in [6.45, 7) is 1.68. The van der Waals surface area contributed by atoms with Gasteiger partial charge in [-0.05, 0) is 38.0 Å². The molecule has 0 spiro atoms. The summed E-state index contributed by atoms with van der Waals surface area (Å²) in [6.07, 6.45) is 5.98. The van der Waals surface area contributed by atoms with E-state index < -0.39 is 22.0 Å². The number of aliphatic carboxylic acids is 1. The maximum Gasteiger partial charge on any atom is 0.303 e. The minimum Gasteiger partial charge on any atom is -0.481 e. The molecule has 2 N–H and O–H groups in total. The Morgan fingerprint density at radius 1 is 1.35 bits per heavy atom. The molecule has 20 heavy (non-hydrogen) atoms. The number of hydrogen-bond acceptors (Lipinski definition) is 3. The number of carbonyl (C=O) groups is 2. The molecule has 0 bridgehead atoms. The van der Waals surface area contributed by atoms with Crippen molar-refractivity contribution in [3.8, 4) is 0 Å². The van der Waals surface area contributed by atoms with Crippen molar-refractivity contribution in [2.24, 2.45) is 5.41 Å². The van der Waals surface area contributed by atoms with Gasteiger partial charge in [0.05, 0.1) is 6.42 Å². The van der Waals surface area contributed by atoms with Gasteiger partial charge in [0, 0.05) is 22.6 Å². The Balaban J connectivity index is 1.82. The van der Waals surface area contributed by atoms with Crippen LogP contribution in [0.4, 0.5) is 0 Å². The first-order valence-corrected chi connectivity index (χ1v) is 8.69. The van der Waals surface area contributed by atoms with Crippen LogP contribution in [0.5, 0.6) is 0 Å². The maximum atomic E-state index is 12.3. The first-order valence-electron chi connectivity index (χ1n) is 7.31. The Labute approximate surface area is 122 Å². The van der Waals surface area contributed by atoms with Crippen LogP contribution in [-0.4, -0.2) is 38.2 Å². The fraction of sp³-hybridized carbons (Fsp3) is 0.857. The lowest BCUT2D eigenvalue weighted by Crippen LogP contribution is -2.41. The van der Waals surface area contributed by atoms with Gasteiger partial charge in [0.1, 0.15) is 5.25 Å². The second-order valence-electron chi connectivity index (χ2n) is 6.23. The van der Waals surface area contributed by atoms with E-state index in [1.807, 2.05) is 0 Å². The highest BCUT2D eigenvalue weighted by Crippen LogP contribution is 2.49. The van der Waals surface area contributed by atoms with Gasteiger partial charge < -0.3 is 10.4 Å². The van der Waals surface area contributed by atoms with Crippen LogP contribution in [0.15, 0.2) is 0 Å². The normalized spacial score (nSPS) is 24.1. The molecule has 0 aromatic heterocycles. The molecule has 2 aliphatic rings. The van der Waals surface area contributed by atoms with Gasteiger partial charge >= 0.3 is 5.97 Å². The van der Waals surface area contributed by atoms with Crippen LogP contribution in [0.2, 0.25) is 0 Å². The van der Waals surface area contributed by atoms with Crippen molar-refractivity contribution in [2.75, 3.05) is 5.75 Å². The summed E-state index contributed by atoms with van der Waals surface area (Å²) >= 11 is 0. The number of carbonyl (C=O) groups excluding carboxylic acids is 1. The topological polar surface area (TPSA) is 83.5 Å². The molecule has 0 saturated heterocycles. The molecule has 6 heteroatoms. The van der Waals surface area contributed by atoms with Crippen molar-refractivity contribution in [1.82, 2.24) is 5.32 Å². The average molecular weight is 301 g/mol. The van der Waals surface area contributed by atoms with Gasteiger partial charge in [-0.3, -0.25) is 13.8 Å². The maximum absolute atomic E-state index is 12.3. The Bertz CT molecular complexity index is 413. The zero-order valence-electron chi connectivity index (χ0n) is 11.9. The molecule has 2 saturated carbocycles. The van der Waals surface area contributed by atoms with E-state index in [0.717, 1.165) is 38.5 Å². The van der Waals surface area contributed by atoms with Crippen molar-refractivity contribution in [2.45, 2.75) is 63.2 Å². The molecular formula is C14H23NO4S. The predicted molar refractivity (Wildman–Crippen MR) is 76.8 cm³/mol. The Kier molecular flexibility index (Phi) is 4.83. The summed E-state index contributed by atoms with van der Waals surface area (Å²) in [5.41, 5.74) is -0.321. The summed E-state index contributed by atoms with van der Waals surface area (Å²) in [4.78, 5) is 22.8. The smallest absolute Gasteiger partial charge is 0.303 e. The number of rotatable bonds is 7. The lowest BCUT2D eigenvalue weighted by molar-refractivity contribution is -0.138. The van der Waals surface area contributed by atoms with Gasteiger partial charge in [-0.2, -0.15) is 0 Å². The molecule has 2 atom stereocenters. The number of amides is 1. The third-order valence-corrected chi connectivity index (χ3v) is 6.30. The Morgan fingerprint density at radius 3 is 2.45 bits per heavy atom. The molecule has 5 nitrogen and oxygen atoms in total. The molecule has 2 unspecified atom stereocenters. The van der Waals surface area contributed by atoms with E-state index >= 15 is 0 Å². The van der Waals surface area contributed by atoms with Crippen molar-refractivity contribution in [3.63, 3.8) is 0 Å². The molecule has 2 aliphatic carbocycles. The minimum atomic E-state index is -1.29. The monoisotopic (exact) mass is 301 g/mol. The molecule has 0 aliphatic heterocycles. The number of hydrogen-bond donors (Lipinski definition) is 2. The third kappa shape index (κ3) is 4.04. The van der Waals surface area contributed by atoms with E-state index in [1.165, 1.54) is 0 Å². The van der Waals surface area contributed by atoms with E-state index in [9.17, 15) is 13.8 Å². The van der Waals surface area contributed by atoms with Crippen molar-refractivity contribution >= 4 is 22.7 Å². The standard InChI is InChI=1S/C14H23NO4S/c1-10(13(18)15-11-4-2-3-5-11)20(19)9-14(6-7-14)8-12(16)17/h10-11H,2-9H2,1H3,(H,15,18)(H,16,17). The van der Waals surface area contributed by atoms with Crippen LogP contribution in [0.25, 0.3) is 0 Å². The molecule has 1 amide bonds. The van der Waals surface area contributed by atoms with Crippen LogP contribution in [0, 0.1) is 5.41 Å². The molecule has 2 fully saturated rings. The highest BCUT2D eigenvalue weighted by Gasteiger charge is 2.46. The largest absolute Gasteiger partial charge is 0.481 e. The van der Waals surface area contributed by atoms with Gasteiger partial charge in [-0.15, -0.1) is 0 Å². The quantitative estimate of drug-likeness (QED) is 0.745. The van der Waals surface area contributed by atoms with Gasteiger partial charge in [0.15, 0.2) is 0 Å². The molecule has 114 valence electrons. The van der Waals surface area contributed by atoms with E-state index in [1.54, 1.807) is 6.92 Å². The minimum absolute atomic E-state index is 0.0652. The van der Waals surface area contributed by atoms with Crippen LogP contribution >= 0.6 is 0 Å². The van der Waals surface area contributed by atoms with E-state index in [-0.39, 0.29) is 23.8 Å². The highest BCUT2D eigenvalue weighted by molar-refractivity contribution is 7.86. The fourth-order valence-corrected chi connectivity index (χ4v) is 4.36. The molecule has 0 radical (unpaired) electrons. The van der Waals surface area contributed by atoms with E-state index in [2.05, 4.69) is 5.32 Å². The molecule has 0 aromatic rings. The second kappa shape index (κ2) is 6.24. The first kappa shape index (κ1) is 15.5. The first-order chi connectivity index (χ1) is 9.42. The number of carboxylic acids is 1. The summed E-state index contributed by atoms with van der Waals surface area (Å²) in [5, 5.41) is 11.3. The second-order valence-corrected chi connectivity index (χ2v) is 7.99. The SMILES string of the molecule is CC(C(=O)NC1CCCC1)S(=O)CC1(CC(=O)O)CC1. The van der Waals surface area contributed by atoms with Crippen LogP contribution in [0.1, 0.15) is 51.9 Å². The number of nitrogens with one attached hydrogen (secondary N) is 1. The summed E-state index contributed by atoms with van der Waals surface area (Å²) in [6, 6.07) is 0.232. The van der Waals surface area contributed by atoms with Gasteiger partial charge in [-0.25, -0.2) is 0 Å². The van der Waals surface area contributed by atoms with Gasteiger partial charge in [-0.1, -0.05) is 12.8 Å². The van der Waals surface area contributed by atoms with Crippen molar-refractivity contribution in [3.05, 3.63) is 0 Å². The number of carboxylic acid groups (broad SMARTS) is 1. The molecular weight excluding hydrogens is 278 g/mol. The fourth-order valence-electron chi connectivity index (χ4n) is 2.80. The van der Waals surface area contributed by atoms with Gasteiger partial charge in [0.2, 0.25) is 5.91 Å². The van der Waals surface area contributed by atoms with E-state index in [4.69, 9.17) is 5.11 Å². The van der Waals surface area contributed by atoms with Crippen LogP contribution in [0.3, 0.4) is 0 Å². The Hall–Kier alpha value is -0.910. The van der Waals surface area contributed by atoms with E-state index in [0.29, 0.717) is 5.75 Å². The summed E-state index contributed by atoms with van der Waals surface area (Å²) < 4.78 is 12.3. The lowest BCUT2D eigenvalue weighted by Gasteiger charge is -2.18. The highest BCUT2D eigenvalue weighted by atomic mass is 32.2. The summed E-state index contributed by atoms with van der Waals surface area (Å²) in [5.74, 6) is -0.664. The molecule has 2 rings (SSSR count). The lowest BCUT2D eigenvalue weighted by atomic mass is 10.1. The molecule has 0 heterocycles. The zero-order chi connectivity index (χ0) is 14.8. The average Bonchev–Trinajstić information content (AvgIpc) is 2.89. The zero-order valence-corrected chi connectivity index (χ0v) is 12.7. The third-order valence-electron chi connectivity index (χ3n) is 4.40. The molecule has 0 aromatic carbocycles.